The molecule has 3 N–H and O–H groups in total. The minimum Gasteiger partial charge on any atom is -0.352 e. The van der Waals surface area contributed by atoms with Gasteiger partial charge in [-0.1, -0.05) is 19.0 Å². The van der Waals surface area contributed by atoms with Crippen molar-refractivity contribution in [2.45, 2.75) is 33.1 Å². The third kappa shape index (κ3) is 4.10. The summed E-state index contributed by atoms with van der Waals surface area (Å²) >= 11 is 0. The van der Waals surface area contributed by atoms with Crippen LogP contribution in [-0.2, 0) is 6.42 Å². The molecule has 18 heavy (non-hydrogen) atoms. The van der Waals surface area contributed by atoms with E-state index in [1.54, 1.807) is 0 Å². The number of hydrogen-bond donors (Lipinski definition) is 2. The smallest absolute Gasteiger partial charge is 0.292 e. The summed E-state index contributed by atoms with van der Waals surface area (Å²) in [6.07, 6.45) is 2.63. The van der Waals surface area contributed by atoms with Crippen molar-refractivity contribution >= 4 is 5.91 Å². The van der Waals surface area contributed by atoms with E-state index in [-0.39, 0.29) is 11.7 Å². The van der Waals surface area contributed by atoms with Crippen LogP contribution in [0.5, 0.6) is 0 Å². The molecule has 0 fully saturated rings. The number of carbonyl (C=O) groups excluding carboxylic acids is 1. The summed E-state index contributed by atoms with van der Waals surface area (Å²) in [6, 6.07) is 0. The van der Waals surface area contributed by atoms with Crippen LogP contribution in [-0.4, -0.2) is 29.6 Å². The van der Waals surface area contributed by atoms with Gasteiger partial charge in [-0.05, 0) is 31.2 Å². The predicted molar refractivity (Wildman–Crippen MR) is 68.0 cm³/mol. The van der Waals surface area contributed by atoms with Crippen LogP contribution >= 0.6 is 0 Å². The normalized spacial score (nSPS) is 12.7. The molecule has 102 valence electrons. The number of aryl methyl sites for hydroxylation is 1. The first-order valence-corrected chi connectivity index (χ1v) is 6.33. The lowest BCUT2D eigenvalue weighted by molar-refractivity contribution is 0.0950. The third-order valence-corrected chi connectivity index (χ3v) is 3.11. The van der Waals surface area contributed by atoms with E-state index < -0.39 is 0 Å². The highest BCUT2D eigenvalue weighted by atomic mass is 16.5. The molecule has 0 bridgehead atoms. The molecule has 1 aromatic heterocycles. The Morgan fingerprint density at radius 2 is 2.17 bits per heavy atom. The maximum Gasteiger partial charge on any atom is 0.292 e. The molecule has 0 spiro atoms. The van der Waals surface area contributed by atoms with Crippen molar-refractivity contribution in [1.29, 1.82) is 0 Å². The molecule has 0 radical (unpaired) electrons. The molecule has 1 atom stereocenters. The lowest BCUT2D eigenvalue weighted by Gasteiger charge is -2.18. The number of nitrogens with zero attached hydrogens (tertiary/aromatic N) is 2. The van der Waals surface area contributed by atoms with Crippen LogP contribution in [0.2, 0.25) is 0 Å². The van der Waals surface area contributed by atoms with Crippen LogP contribution in [0.3, 0.4) is 0 Å². The topological polar surface area (TPSA) is 94.0 Å². The molecular formula is C12H22N4O2. The molecule has 6 nitrogen and oxygen atoms in total. The predicted octanol–water partition coefficient (Wildman–Crippen LogP) is 0.983. The van der Waals surface area contributed by atoms with E-state index in [0.29, 0.717) is 30.7 Å². The monoisotopic (exact) mass is 254 g/mol. The first-order chi connectivity index (χ1) is 8.58. The average Bonchev–Trinajstić information content (AvgIpc) is 2.81. The highest BCUT2D eigenvalue weighted by molar-refractivity contribution is 5.89. The van der Waals surface area contributed by atoms with Crippen LogP contribution < -0.4 is 11.1 Å². The number of carbonyl (C=O) groups is 1. The fourth-order valence-electron chi connectivity index (χ4n) is 1.89. The van der Waals surface area contributed by atoms with E-state index in [1.807, 2.05) is 0 Å². The van der Waals surface area contributed by atoms with Crippen molar-refractivity contribution < 1.29 is 9.32 Å². The lowest BCUT2D eigenvalue weighted by atomic mass is 9.88. The second-order valence-corrected chi connectivity index (χ2v) is 4.71. The number of amides is 1. The second kappa shape index (κ2) is 7.10. The van der Waals surface area contributed by atoms with Crippen LogP contribution in [0.1, 0.15) is 43.2 Å². The Bertz CT molecular complexity index is 376. The zero-order chi connectivity index (χ0) is 13.5. The highest BCUT2D eigenvalue weighted by Crippen LogP contribution is 2.20. The molecule has 6 heteroatoms. The van der Waals surface area contributed by atoms with Gasteiger partial charge in [-0.25, -0.2) is 0 Å². The van der Waals surface area contributed by atoms with Gasteiger partial charge in [0.15, 0.2) is 0 Å². The van der Waals surface area contributed by atoms with Gasteiger partial charge in [-0.15, -0.1) is 0 Å². The number of hydrogen-bond acceptors (Lipinski definition) is 5. The Hall–Kier alpha value is -1.43. The van der Waals surface area contributed by atoms with Gasteiger partial charge in [0, 0.05) is 13.5 Å². The zero-order valence-electron chi connectivity index (χ0n) is 11.3. The Balaban J connectivity index is 2.52. The number of nitrogens with one attached hydrogen (secondary N) is 1. The molecule has 0 aliphatic rings. The van der Waals surface area contributed by atoms with Crippen molar-refractivity contribution in [3.05, 3.63) is 11.7 Å². The standard InChI is InChI=1S/C12H22N4O2/c1-8(2)9(6-7-13)4-5-10-15-11(16-18-10)12(17)14-3/h8-9H,4-7,13H2,1-3H3,(H,14,17). The fourth-order valence-corrected chi connectivity index (χ4v) is 1.89. The van der Waals surface area contributed by atoms with E-state index in [1.165, 1.54) is 7.05 Å². The zero-order valence-corrected chi connectivity index (χ0v) is 11.3. The lowest BCUT2D eigenvalue weighted by Crippen LogP contribution is -2.19. The van der Waals surface area contributed by atoms with E-state index >= 15 is 0 Å². The number of aromatic nitrogens is 2. The Morgan fingerprint density at radius 3 is 2.72 bits per heavy atom. The van der Waals surface area contributed by atoms with Gasteiger partial charge in [-0.2, -0.15) is 4.98 Å². The molecule has 0 saturated heterocycles. The molecular weight excluding hydrogens is 232 g/mol. The van der Waals surface area contributed by atoms with Gasteiger partial charge in [0.25, 0.3) is 11.7 Å². The summed E-state index contributed by atoms with van der Waals surface area (Å²) in [7, 11) is 1.54. The third-order valence-electron chi connectivity index (χ3n) is 3.11. The summed E-state index contributed by atoms with van der Waals surface area (Å²) in [5.74, 6) is 1.40. The molecule has 0 saturated carbocycles. The van der Waals surface area contributed by atoms with Crippen molar-refractivity contribution in [3.63, 3.8) is 0 Å². The largest absolute Gasteiger partial charge is 0.352 e. The van der Waals surface area contributed by atoms with E-state index in [9.17, 15) is 4.79 Å². The molecule has 1 rings (SSSR count). The summed E-state index contributed by atoms with van der Waals surface area (Å²) in [5, 5.41) is 6.09. The first kappa shape index (κ1) is 14.6. The SMILES string of the molecule is CNC(=O)c1noc(CCC(CCN)C(C)C)n1. The fraction of sp³-hybridized carbons (Fsp3) is 0.750. The van der Waals surface area contributed by atoms with Gasteiger partial charge in [0.1, 0.15) is 0 Å². The Kier molecular flexibility index (Phi) is 5.77. The minimum atomic E-state index is -0.327. The van der Waals surface area contributed by atoms with E-state index in [2.05, 4.69) is 29.3 Å². The Labute approximate surface area is 107 Å². The molecule has 1 aromatic rings. The van der Waals surface area contributed by atoms with E-state index in [0.717, 1.165) is 12.8 Å². The van der Waals surface area contributed by atoms with E-state index in [4.69, 9.17) is 10.3 Å². The van der Waals surface area contributed by atoms with Crippen LogP contribution in [0, 0.1) is 11.8 Å². The molecule has 1 amide bonds. The highest BCUT2D eigenvalue weighted by Gasteiger charge is 2.16. The van der Waals surface area contributed by atoms with Gasteiger partial charge in [0.2, 0.25) is 5.89 Å². The molecule has 0 aromatic carbocycles. The maximum atomic E-state index is 11.3. The van der Waals surface area contributed by atoms with Crippen molar-refractivity contribution in [1.82, 2.24) is 15.5 Å². The van der Waals surface area contributed by atoms with Crippen LogP contribution in [0.25, 0.3) is 0 Å². The van der Waals surface area contributed by atoms with Crippen molar-refractivity contribution in [2.75, 3.05) is 13.6 Å². The summed E-state index contributed by atoms with van der Waals surface area (Å²) in [5.41, 5.74) is 5.59. The quantitative estimate of drug-likeness (QED) is 0.756. The minimum absolute atomic E-state index is 0.0902. The average molecular weight is 254 g/mol. The van der Waals surface area contributed by atoms with Crippen LogP contribution in [0.4, 0.5) is 0 Å². The van der Waals surface area contributed by atoms with Gasteiger partial charge < -0.3 is 15.6 Å². The summed E-state index contributed by atoms with van der Waals surface area (Å²) < 4.78 is 5.04. The van der Waals surface area contributed by atoms with Crippen molar-refractivity contribution in [3.8, 4) is 0 Å². The summed E-state index contributed by atoms with van der Waals surface area (Å²) in [4.78, 5) is 15.3. The maximum absolute atomic E-state index is 11.3. The van der Waals surface area contributed by atoms with Gasteiger partial charge in [-0.3, -0.25) is 4.79 Å². The van der Waals surface area contributed by atoms with Crippen LogP contribution in [0.15, 0.2) is 4.52 Å². The summed E-state index contributed by atoms with van der Waals surface area (Å²) in [6.45, 7) is 5.06. The molecule has 1 heterocycles. The number of rotatable bonds is 7. The molecule has 0 aliphatic carbocycles. The number of nitrogens with two attached hydrogens (primary N) is 1. The second-order valence-electron chi connectivity index (χ2n) is 4.71. The van der Waals surface area contributed by atoms with Gasteiger partial charge >= 0.3 is 0 Å². The first-order valence-electron chi connectivity index (χ1n) is 6.33. The molecule has 0 aliphatic heterocycles. The Morgan fingerprint density at radius 1 is 1.44 bits per heavy atom. The van der Waals surface area contributed by atoms with Crippen molar-refractivity contribution in [2.24, 2.45) is 17.6 Å². The van der Waals surface area contributed by atoms with Gasteiger partial charge in [0.05, 0.1) is 0 Å². The molecule has 1 unspecified atom stereocenters.